The molecule has 0 radical (unpaired) electrons. The molecular weight excluding hydrogens is 436 g/mol. The number of unbranched alkanes of at least 4 members (excludes halogenated alkanes) is 2. The highest BCUT2D eigenvalue weighted by molar-refractivity contribution is 5.52. The van der Waals surface area contributed by atoms with E-state index in [-0.39, 0.29) is 11.8 Å². The number of rotatable bonds is 10. The standard InChI is InChI=1S/C26H38N2O6/c1-5-6-7-8-9-17-10-11-18(16(4)12-17)13-19-21(15(2)3)27-28-25(19)34-26-24(32)23(31)22(30)20(14-29)33-26/h8-12,15,20,22-24,26,29-32H,5-7,13-14H2,1-4H3,(H,27,28). The SMILES string of the molecule is CCCCC=Cc1ccc(Cc2c(OC3OC(CO)C(O)C(O)C3O)n[nH]c2C(C)C)c(C)c1. The van der Waals surface area contributed by atoms with Gasteiger partial charge < -0.3 is 29.9 Å². The zero-order valence-electron chi connectivity index (χ0n) is 20.4. The largest absolute Gasteiger partial charge is 0.443 e. The smallest absolute Gasteiger partial charge is 0.238 e. The first-order valence-corrected chi connectivity index (χ1v) is 12.1. The van der Waals surface area contributed by atoms with Crippen molar-refractivity contribution in [3.05, 3.63) is 52.2 Å². The molecule has 1 aliphatic rings. The molecule has 3 rings (SSSR count). The summed E-state index contributed by atoms with van der Waals surface area (Å²) in [4.78, 5) is 0. The maximum absolute atomic E-state index is 10.4. The molecule has 188 valence electrons. The van der Waals surface area contributed by atoms with Crippen molar-refractivity contribution >= 4 is 6.08 Å². The number of aryl methyl sites for hydroxylation is 1. The summed E-state index contributed by atoms with van der Waals surface area (Å²) in [5.74, 6) is 0.409. The molecule has 2 aromatic rings. The zero-order valence-corrected chi connectivity index (χ0v) is 20.4. The summed E-state index contributed by atoms with van der Waals surface area (Å²) < 4.78 is 11.4. The van der Waals surface area contributed by atoms with E-state index in [1.165, 1.54) is 12.8 Å². The van der Waals surface area contributed by atoms with Crippen LogP contribution in [0.5, 0.6) is 5.88 Å². The van der Waals surface area contributed by atoms with E-state index in [9.17, 15) is 20.4 Å². The number of hydrogen-bond donors (Lipinski definition) is 5. The van der Waals surface area contributed by atoms with E-state index in [4.69, 9.17) is 9.47 Å². The highest BCUT2D eigenvalue weighted by Gasteiger charge is 2.45. The number of allylic oxidation sites excluding steroid dienone is 1. The number of hydrogen-bond acceptors (Lipinski definition) is 7. The monoisotopic (exact) mass is 474 g/mol. The number of aliphatic hydroxyl groups excluding tert-OH is 4. The molecule has 1 saturated heterocycles. The van der Waals surface area contributed by atoms with E-state index in [0.29, 0.717) is 6.42 Å². The van der Waals surface area contributed by atoms with Crippen molar-refractivity contribution in [1.82, 2.24) is 10.2 Å². The second-order valence-corrected chi connectivity index (χ2v) is 9.30. The Labute approximate surface area is 201 Å². The third kappa shape index (κ3) is 6.06. The van der Waals surface area contributed by atoms with Gasteiger partial charge in [0.25, 0.3) is 0 Å². The van der Waals surface area contributed by atoms with Gasteiger partial charge in [0, 0.05) is 17.7 Å². The predicted molar refractivity (Wildman–Crippen MR) is 130 cm³/mol. The molecule has 0 amide bonds. The molecule has 0 saturated carbocycles. The third-order valence-corrected chi connectivity index (χ3v) is 6.28. The van der Waals surface area contributed by atoms with Crippen molar-refractivity contribution in [2.45, 2.75) is 90.0 Å². The topological polar surface area (TPSA) is 128 Å². The fourth-order valence-electron chi connectivity index (χ4n) is 4.13. The van der Waals surface area contributed by atoms with Crippen molar-refractivity contribution in [2.75, 3.05) is 6.61 Å². The van der Waals surface area contributed by atoms with Crippen LogP contribution in [0.3, 0.4) is 0 Å². The molecule has 0 spiro atoms. The average molecular weight is 475 g/mol. The molecule has 5 unspecified atom stereocenters. The summed E-state index contributed by atoms with van der Waals surface area (Å²) in [6.07, 6.45) is 1.57. The van der Waals surface area contributed by atoms with E-state index < -0.39 is 37.3 Å². The second-order valence-electron chi connectivity index (χ2n) is 9.30. The molecule has 1 fully saturated rings. The van der Waals surface area contributed by atoms with Crippen LogP contribution in [0.1, 0.15) is 73.9 Å². The number of aromatic amines is 1. The Morgan fingerprint density at radius 2 is 1.94 bits per heavy atom. The number of nitrogens with zero attached hydrogens (tertiary/aromatic N) is 1. The number of H-pyrrole nitrogens is 1. The lowest BCUT2D eigenvalue weighted by molar-refractivity contribution is -0.278. The normalized spacial score (nSPS) is 25.4. The molecule has 5 atom stereocenters. The molecule has 8 nitrogen and oxygen atoms in total. The number of ether oxygens (including phenoxy) is 2. The summed E-state index contributed by atoms with van der Waals surface area (Å²) in [6.45, 7) is 7.83. The molecule has 0 bridgehead atoms. The first-order chi connectivity index (χ1) is 16.3. The summed E-state index contributed by atoms with van der Waals surface area (Å²) in [5, 5.41) is 47.3. The van der Waals surface area contributed by atoms with Crippen molar-refractivity contribution in [1.29, 1.82) is 0 Å². The van der Waals surface area contributed by atoms with E-state index in [1.54, 1.807) is 0 Å². The van der Waals surface area contributed by atoms with Gasteiger partial charge in [-0.2, -0.15) is 0 Å². The first kappa shape index (κ1) is 26.4. The molecule has 1 aromatic carbocycles. The molecule has 1 aromatic heterocycles. The molecule has 8 heteroatoms. The van der Waals surface area contributed by atoms with Gasteiger partial charge in [-0.25, -0.2) is 0 Å². The van der Waals surface area contributed by atoms with Crippen LogP contribution in [0.4, 0.5) is 0 Å². The van der Waals surface area contributed by atoms with Gasteiger partial charge in [0.05, 0.1) is 6.61 Å². The van der Waals surface area contributed by atoms with E-state index in [1.807, 2.05) is 13.8 Å². The first-order valence-electron chi connectivity index (χ1n) is 12.1. The van der Waals surface area contributed by atoms with Crippen molar-refractivity contribution in [3.63, 3.8) is 0 Å². The van der Waals surface area contributed by atoms with Crippen LogP contribution in [-0.4, -0.2) is 67.9 Å². The molecule has 34 heavy (non-hydrogen) atoms. The quantitative estimate of drug-likeness (QED) is 0.335. The lowest BCUT2D eigenvalue weighted by atomic mass is 9.95. The van der Waals surface area contributed by atoms with Gasteiger partial charge in [-0.3, -0.25) is 5.10 Å². The van der Waals surface area contributed by atoms with Crippen LogP contribution >= 0.6 is 0 Å². The minimum atomic E-state index is -1.51. The second kappa shape index (κ2) is 12.0. The van der Waals surface area contributed by atoms with Gasteiger partial charge in [-0.15, -0.1) is 5.10 Å². The predicted octanol–water partition coefficient (Wildman–Crippen LogP) is 2.81. The Morgan fingerprint density at radius 3 is 2.59 bits per heavy atom. The number of aromatic nitrogens is 2. The minimum Gasteiger partial charge on any atom is -0.443 e. The van der Waals surface area contributed by atoms with Crippen molar-refractivity contribution in [3.8, 4) is 5.88 Å². The average Bonchev–Trinajstić information content (AvgIpc) is 3.21. The van der Waals surface area contributed by atoms with Gasteiger partial charge in [-0.05, 0) is 36.0 Å². The van der Waals surface area contributed by atoms with Crippen LogP contribution < -0.4 is 4.74 Å². The maximum atomic E-state index is 10.4. The van der Waals surface area contributed by atoms with Crippen LogP contribution in [0.25, 0.3) is 6.08 Å². The summed E-state index contributed by atoms with van der Waals surface area (Å²) in [5.41, 5.74) is 5.16. The summed E-state index contributed by atoms with van der Waals surface area (Å²) in [7, 11) is 0. The Bertz CT molecular complexity index is 955. The van der Waals surface area contributed by atoms with Gasteiger partial charge in [0.2, 0.25) is 12.2 Å². The lowest BCUT2D eigenvalue weighted by Crippen LogP contribution is -2.60. The van der Waals surface area contributed by atoms with E-state index in [0.717, 1.165) is 34.4 Å². The Kier molecular flexibility index (Phi) is 9.27. The Hall–Kier alpha value is -2.23. The minimum absolute atomic E-state index is 0.149. The lowest BCUT2D eigenvalue weighted by Gasteiger charge is -2.39. The van der Waals surface area contributed by atoms with Crippen molar-refractivity contribution in [2.24, 2.45) is 0 Å². The Morgan fingerprint density at radius 1 is 1.18 bits per heavy atom. The van der Waals surface area contributed by atoms with Crippen molar-refractivity contribution < 1.29 is 29.9 Å². The highest BCUT2D eigenvalue weighted by Crippen LogP contribution is 2.32. The molecule has 2 heterocycles. The van der Waals surface area contributed by atoms with Gasteiger partial charge in [0.15, 0.2) is 0 Å². The molecule has 5 N–H and O–H groups in total. The van der Waals surface area contributed by atoms with E-state index in [2.05, 4.69) is 54.4 Å². The fourth-order valence-corrected chi connectivity index (χ4v) is 4.13. The van der Waals surface area contributed by atoms with Gasteiger partial charge in [-0.1, -0.05) is 64.0 Å². The van der Waals surface area contributed by atoms with Crippen LogP contribution in [0, 0.1) is 6.92 Å². The molecule has 1 aliphatic heterocycles. The van der Waals surface area contributed by atoms with Crippen LogP contribution in [-0.2, 0) is 11.2 Å². The van der Waals surface area contributed by atoms with Crippen LogP contribution in [0.2, 0.25) is 0 Å². The summed E-state index contributed by atoms with van der Waals surface area (Å²) >= 11 is 0. The highest BCUT2D eigenvalue weighted by atomic mass is 16.7. The number of benzene rings is 1. The zero-order chi connectivity index (χ0) is 24.8. The van der Waals surface area contributed by atoms with E-state index >= 15 is 0 Å². The molecule has 0 aliphatic carbocycles. The van der Waals surface area contributed by atoms with Gasteiger partial charge in [0.1, 0.15) is 24.4 Å². The van der Waals surface area contributed by atoms with Gasteiger partial charge >= 0.3 is 0 Å². The maximum Gasteiger partial charge on any atom is 0.238 e. The summed E-state index contributed by atoms with van der Waals surface area (Å²) in [6, 6.07) is 6.35. The Balaban J connectivity index is 1.82. The number of nitrogens with one attached hydrogen (secondary N) is 1. The third-order valence-electron chi connectivity index (χ3n) is 6.28. The van der Waals surface area contributed by atoms with Crippen LogP contribution in [0.15, 0.2) is 24.3 Å². The fraction of sp³-hybridized carbons (Fsp3) is 0.577. The number of aliphatic hydroxyl groups is 4. The molecular formula is C26H38N2O6.